The van der Waals surface area contributed by atoms with Crippen LogP contribution in [0.2, 0.25) is 5.02 Å². The molecule has 0 aromatic heterocycles. The molecule has 1 N–H and O–H groups in total. The molecule has 2 aromatic rings. The molecule has 8 heteroatoms. The van der Waals surface area contributed by atoms with Gasteiger partial charge in [0.1, 0.15) is 0 Å². The largest absolute Gasteiger partial charge is 0.322 e. The van der Waals surface area contributed by atoms with E-state index in [4.69, 9.17) is 11.6 Å². The number of carbonyl (C=O) groups is 2. The second-order valence-corrected chi connectivity index (χ2v) is 8.51. The van der Waals surface area contributed by atoms with Crippen molar-refractivity contribution in [2.45, 2.75) is 20.3 Å². The average molecular weight is 393 g/mol. The molecule has 1 saturated heterocycles. The molecule has 0 spiro atoms. The summed E-state index contributed by atoms with van der Waals surface area (Å²) < 4.78 is 24.9. The molecule has 0 aliphatic carbocycles. The van der Waals surface area contributed by atoms with Gasteiger partial charge in [0, 0.05) is 17.7 Å². The van der Waals surface area contributed by atoms with Crippen LogP contribution in [-0.4, -0.2) is 26.0 Å². The molecule has 6 nitrogen and oxygen atoms in total. The summed E-state index contributed by atoms with van der Waals surface area (Å²) in [5.41, 5.74) is 2.77. The number of rotatable bonds is 3. The van der Waals surface area contributed by atoms with E-state index in [9.17, 15) is 18.0 Å². The molecule has 1 fully saturated rings. The van der Waals surface area contributed by atoms with Crippen LogP contribution in [0.25, 0.3) is 0 Å². The van der Waals surface area contributed by atoms with Gasteiger partial charge in [0.25, 0.3) is 5.91 Å². The zero-order valence-corrected chi connectivity index (χ0v) is 15.8. The molecule has 0 saturated carbocycles. The van der Waals surface area contributed by atoms with E-state index in [0.29, 0.717) is 9.99 Å². The molecule has 1 heterocycles. The maximum Gasteiger partial charge on any atom is 0.255 e. The Morgan fingerprint density at radius 1 is 1.15 bits per heavy atom. The zero-order chi connectivity index (χ0) is 19.1. The highest BCUT2D eigenvalue weighted by molar-refractivity contribution is 7.94. The van der Waals surface area contributed by atoms with Gasteiger partial charge in [-0.05, 0) is 49.2 Å². The van der Waals surface area contributed by atoms with Crippen LogP contribution in [0, 0.1) is 13.8 Å². The van der Waals surface area contributed by atoms with Gasteiger partial charge in [-0.2, -0.15) is 0 Å². The lowest BCUT2D eigenvalue weighted by Crippen LogP contribution is -2.30. The predicted octanol–water partition coefficient (Wildman–Crippen LogP) is 3.28. The first kappa shape index (κ1) is 18.4. The summed E-state index contributed by atoms with van der Waals surface area (Å²) in [6, 6.07) is 9.90. The number of amides is 2. The number of sulfonamides is 1. The summed E-state index contributed by atoms with van der Waals surface area (Å²) in [4.78, 5) is 24.6. The second-order valence-electron chi connectivity index (χ2n) is 6.16. The van der Waals surface area contributed by atoms with Crippen LogP contribution >= 0.6 is 11.6 Å². The van der Waals surface area contributed by atoms with Gasteiger partial charge in [-0.1, -0.05) is 23.7 Å². The molecule has 0 bridgehead atoms. The first-order valence-electron chi connectivity index (χ1n) is 7.93. The van der Waals surface area contributed by atoms with Crippen molar-refractivity contribution in [2.75, 3.05) is 15.4 Å². The Labute approximate surface area is 156 Å². The minimum absolute atomic E-state index is 0.00257. The van der Waals surface area contributed by atoms with Crippen LogP contribution in [0.15, 0.2) is 36.4 Å². The number of hydrogen-bond acceptors (Lipinski definition) is 4. The van der Waals surface area contributed by atoms with Crippen LogP contribution < -0.4 is 9.62 Å². The lowest BCUT2D eigenvalue weighted by Gasteiger charge is -2.17. The van der Waals surface area contributed by atoms with Gasteiger partial charge in [0.05, 0.1) is 16.5 Å². The van der Waals surface area contributed by atoms with Crippen molar-refractivity contribution in [3.63, 3.8) is 0 Å². The van der Waals surface area contributed by atoms with E-state index in [2.05, 4.69) is 5.32 Å². The van der Waals surface area contributed by atoms with Crippen LogP contribution in [-0.2, 0) is 14.8 Å². The van der Waals surface area contributed by atoms with Crippen molar-refractivity contribution < 1.29 is 18.0 Å². The maximum atomic E-state index is 12.6. The SMILES string of the molecule is Cc1ccc(C)c(NC(=O)c2ccc(Cl)c(N3C(=O)CCS3(=O)=O)c2)c1. The van der Waals surface area contributed by atoms with Gasteiger partial charge < -0.3 is 5.32 Å². The number of halogens is 1. The number of nitrogens with zero attached hydrogens (tertiary/aromatic N) is 1. The molecule has 2 aromatic carbocycles. The monoisotopic (exact) mass is 392 g/mol. The lowest BCUT2D eigenvalue weighted by atomic mass is 10.1. The van der Waals surface area contributed by atoms with Gasteiger partial charge in [-0.3, -0.25) is 9.59 Å². The van der Waals surface area contributed by atoms with Crippen molar-refractivity contribution >= 4 is 44.8 Å². The van der Waals surface area contributed by atoms with E-state index in [1.165, 1.54) is 18.2 Å². The fraction of sp³-hybridized carbons (Fsp3) is 0.222. The number of benzene rings is 2. The predicted molar refractivity (Wildman–Crippen MR) is 101 cm³/mol. The summed E-state index contributed by atoms with van der Waals surface area (Å²) >= 11 is 6.09. The van der Waals surface area contributed by atoms with Crippen molar-refractivity contribution in [2.24, 2.45) is 0 Å². The lowest BCUT2D eigenvalue weighted by molar-refractivity contribution is -0.116. The number of hydrogen-bond donors (Lipinski definition) is 1. The van der Waals surface area contributed by atoms with Crippen LogP contribution in [0.5, 0.6) is 0 Å². The van der Waals surface area contributed by atoms with Crippen LogP contribution in [0.3, 0.4) is 0 Å². The van der Waals surface area contributed by atoms with Crippen LogP contribution in [0.1, 0.15) is 27.9 Å². The zero-order valence-electron chi connectivity index (χ0n) is 14.2. The molecule has 2 amide bonds. The van der Waals surface area contributed by atoms with E-state index in [1.807, 2.05) is 32.0 Å². The Morgan fingerprint density at radius 2 is 1.88 bits per heavy atom. The summed E-state index contributed by atoms with van der Waals surface area (Å²) in [7, 11) is -3.76. The Bertz CT molecular complexity index is 1020. The van der Waals surface area contributed by atoms with Gasteiger partial charge in [-0.25, -0.2) is 12.7 Å². The van der Waals surface area contributed by atoms with Gasteiger partial charge in [-0.15, -0.1) is 0 Å². The molecular weight excluding hydrogens is 376 g/mol. The molecular formula is C18H17ClN2O4S. The number of aryl methyl sites for hydroxylation is 2. The normalized spacial score (nSPS) is 16.0. The molecule has 3 rings (SSSR count). The first-order chi connectivity index (χ1) is 12.2. The molecule has 136 valence electrons. The maximum absolute atomic E-state index is 12.6. The smallest absolute Gasteiger partial charge is 0.255 e. The summed E-state index contributed by atoms with van der Waals surface area (Å²) in [6.07, 6.45) is -0.0996. The van der Waals surface area contributed by atoms with E-state index in [-0.39, 0.29) is 28.4 Å². The highest BCUT2D eigenvalue weighted by Gasteiger charge is 2.37. The van der Waals surface area contributed by atoms with E-state index in [0.717, 1.165) is 11.1 Å². The fourth-order valence-corrected chi connectivity index (χ4v) is 4.44. The molecule has 26 heavy (non-hydrogen) atoms. The van der Waals surface area contributed by atoms with Crippen molar-refractivity contribution in [3.8, 4) is 0 Å². The Hall–Kier alpha value is -2.38. The third-order valence-electron chi connectivity index (χ3n) is 4.15. The molecule has 1 aliphatic rings. The highest BCUT2D eigenvalue weighted by Crippen LogP contribution is 2.33. The molecule has 0 atom stereocenters. The Morgan fingerprint density at radius 3 is 2.54 bits per heavy atom. The number of nitrogens with one attached hydrogen (secondary N) is 1. The Kier molecular flexibility index (Phi) is 4.77. The minimum atomic E-state index is -3.76. The molecule has 1 aliphatic heterocycles. The summed E-state index contributed by atoms with van der Waals surface area (Å²) in [6.45, 7) is 3.79. The topological polar surface area (TPSA) is 83.6 Å². The minimum Gasteiger partial charge on any atom is -0.322 e. The third kappa shape index (κ3) is 3.45. The molecule has 0 radical (unpaired) electrons. The van der Waals surface area contributed by atoms with Gasteiger partial charge in [0.2, 0.25) is 15.9 Å². The van der Waals surface area contributed by atoms with E-state index < -0.39 is 21.8 Å². The van der Waals surface area contributed by atoms with E-state index >= 15 is 0 Å². The fourth-order valence-electron chi connectivity index (χ4n) is 2.72. The Balaban J connectivity index is 1.96. The number of anilines is 2. The highest BCUT2D eigenvalue weighted by atomic mass is 35.5. The summed E-state index contributed by atoms with van der Waals surface area (Å²) in [5.74, 6) is -1.24. The van der Waals surface area contributed by atoms with Crippen molar-refractivity contribution in [1.29, 1.82) is 0 Å². The van der Waals surface area contributed by atoms with Gasteiger partial charge >= 0.3 is 0 Å². The third-order valence-corrected chi connectivity index (χ3v) is 6.14. The average Bonchev–Trinajstić information content (AvgIpc) is 2.84. The second kappa shape index (κ2) is 6.74. The van der Waals surface area contributed by atoms with Gasteiger partial charge in [0.15, 0.2) is 0 Å². The van der Waals surface area contributed by atoms with Crippen molar-refractivity contribution in [1.82, 2.24) is 0 Å². The van der Waals surface area contributed by atoms with Crippen LogP contribution in [0.4, 0.5) is 11.4 Å². The summed E-state index contributed by atoms with van der Waals surface area (Å²) in [5, 5.41) is 2.89. The number of carbonyl (C=O) groups excluding carboxylic acids is 2. The quantitative estimate of drug-likeness (QED) is 0.868. The van der Waals surface area contributed by atoms with Crippen molar-refractivity contribution in [3.05, 3.63) is 58.1 Å². The first-order valence-corrected chi connectivity index (χ1v) is 9.92. The van der Waals surface area contributed by atoms with E-state index in [1.54, 1.807) is 0 Å². The standard InChI is InChI=1S/C18H17ClN2O4S/c1-11-3-4-12(2)15(9-11)20-18(23)13-5-6-14(19)16(10-13)21-17(22)7-8-26(21,24)25/h3-6,9-10H,7-8H2,1-2H3,(H,20,23). The molecule has 0 unspecified atom stereocenters.